The maximum atomic E-state index is 13.2. The number of halogens is 3. The SMILES string of the molecule is N#Cc1ccnc(N2CCC(S(=O)(=O)c3ccccc3C(F)(F)F)C2)n1. The number of hydrogen-bond acceptors (Lipinski definition) is 6. The van der Waals surface area contributed by atoms with Crippen molar-refractivity contribution in [3.8, 4) is 6.07 Å². The van der Waals surface area contributed by atoms with Crippen LogP contribution in [0.5, 0.6) is 0 Å². The highest BCUT2D eigenvalue weighted by atomic mass is 32.2. The molecule has 1 aliphatic heterocycles. The van der Waals surface area contributed by atoms with E-state index >= 15 is 0 Å². The van der Waals surface area contributed by atoms with Gasteiger partial charge in [-0.1, -0.05) is 12.1 Å². The fourth-order valence-corrected chi connectivity index (χ4v) is 4.76. The fourth-order valence-electron chi connectivity index (χ4n) is 2.85. The Balaban J connectivity index is 1.90. The lowest BCUT2D eigenvalue weighted by Gasteiger charge is -2.18. The summed E-state index contributed by atoms with van der Waals surface area (Å²) < 4.78 is 65.1. The number of sulfone groups is 1. The van der Waals surface area contributed by atoms with Crippen LogP contribution in [0.2, 0.25) is 0 Å². The van der Waals surface area contributed by atoms with Gasteiger partial charge in [0, 0.05) is 19.3 Å². The topological polar surface area (TPSA) is 87.0 Å². The van der Waals surface area contributed by atoms with Gasteiger partial charge in [-0.25, -0.2) is 18.4 Å². The molecule has 0 aliphatic carbocycles. The zero-order chi connectivity index (χ0) is 18.9. The number of anilines is 1. The van der Waals surface area contributed by atoms with E-state index in [-0.39, 0.29) is 31.2 Å². The predicted molar refractivity (Wildman–Crippen MR) is 86.0 cm³/mol. The third-order valence-electron chi connectivity index (χ3n) is 4.12. The van der Waals surface area contributed by atoms with E-state index in [4.69, 9.17) is 5.26 Å². The number of benzene rings is 1. The standard InChI is InChI=1S/C16H13F3N4O2S/c17-16(18,19)13-3-1-2-4-14(13)26(24,25)12-6-8-23(10-12)15-21-7-5-11(9-20)22-15/h1-5,7,12H,6,8,10H2. The van der Waals surface area contributed by atoms with Crippen LogP contribution in [0.1, 0.15) is 17.7 Å². The summed E-state index contributed by atoms with van der Waals surface area (Å²) in [6, 6.07) is 7.44. The van der Waals surface area contributed by atoms with Crippen molar-refractivity contribution < 1.29 is 21.6 Å². The molecule has 1 fully saturated rings. The lowest BCUT2D eigenvalue weighted by molar-refractivity contribution is -0.139. The zero-order valence-electron chi connectivity index (χ0n) is 13.3. The van der Waals surface area contributed by atoms with E-state index in [1.807, 2.05) is 6.07 Å². The minimum absolute atomic E-state index is 0.0383. The van der Waals surface area contributed by atoms with Crippen molar-refractivity contribution in [3.63, 3.8) is 0 Å². The predicted octanol–water partition coefficient (Wildman–Crippen LogP) is 2.42. The molecule has 3 rings (SSSR count). The summed E-state index contributed by atoms with van der Waals surface area (Å²) >= 11 is 0. The van der Waals surface area contributed by atoms with Gasteiger partial charge in [0.2, 0.25) is 5.95 Å². The summed E-state index contributed by atoms with van der Waals surface area (Å²) in [4.78, 5) is 8.84. The number of nitriles is 1. The number of hydrogen-bond donors (Lipinski definition) is 0. The molecule has 0 amide bonds. The Morgan fingerprint density at radius 1 is 1.23 bits per heavy atom. The molecule has 0 spiro atoms. The first-order valence-corrected chi connectivity index (χ1v) is 9.16. The van der Waals surface area contributed by atoms with E-state index < -0.39 is 31.7 Å². The van der Waals surface area contributed by atoms with Crippen molar-refractivity contribution in [3.05, 3.63) is 47.8 Å². The van der Waals surface area contributed by atoms with Gasteiger partial charge in [0.1, 0.15) is 11.8 Å². The molecule has 1 aromatic carbocycles. The van der Waals surface area contributed by atoms with Crippen LogP contribution in [0, 0.1) is 11.3 Å². The molecule has 26 heavy (non-hydrogen) atoms. The molecule has 2 heterocycles. The van der Waals surface area contributed by atoms with Gasteiger partial charge in [0.05, 0.1) is 15.7 Å². The molecule has 10 heteroatoms. The Hall–Kier alpha value is -2.67. The number of aromatic nitrogens is 2. The Morgan fingerprint density at radius 2 is 1.96 bits per heavy atom. The van der Waals surface area contributed by atoms with Crippen LogP contribution < -0.4 is 4.90 Å². The Morgan fingerprint density at radius 3 is 2.65 bits per heavy atom. The molecule has 1 aliphatic rings. The van der Waals surface area contributed by atoms with Gasteiger partial charge in [-0.2, -0.15) is 18.4 Å². The summed E-state index contributed by atoms with van der Waals surface area (Å²) in [6.07, 6.45) is -3.23. The van der Waals surface area contributed by atoms with Gasteiger partial charge in [-0.05, 0) is 24.6 Å². The second-order valence-corrected chi connectivity index (χ2v) is 7.95. The van der Waals surface area contributed by atoms with Crippen molar-refractivity contribution in [2.24, 2.45) is 0 Å². The smallest absolute Gasteiger partial charge is 0.339 e. The number of nitrogens with zero attached hydrogens (tertiary/aromatic N) is 4. The molecular weight excluding hydrogens is 369 g/mol. The van der Waals surface area contributed by atoms with E-state index in [9.17, 15) is 21.6 Å². The first kappa shape index (κ1) is 18.1. The molecule has 0 N–H and O–H groups in total. The van der Waals surface area contributed by atoms with E-state index in [0.717, 1.165) is 18.2 Å². The summed E-state index contributed by atoms with van der Waals surface area (Å²) in [6.45, 7) is 0.233. The highest BCUT2D eigenvalue weighted by molar-refractivity contribution is 7.92. The maximum Gasteiger partial charge on any atom is 0.417 e. The van der Waals surface area contributed by atoms with Gasteiger partial charge in [0.25, 0.3) is 0 Å². The Kier molecular flexibility index (Phi) is 4.58. The highest BCUT2D eigenvalue weighted by Crippen LogP contribution is 2.36. The Bertz CT molecular complexity index is 970. The van der Waals surface area contributed by atoms with Crippen molar-refractivity contribution in [2.75, 3.05) is 18.0 Å². The van der Waals surface area contributed by atoms with Gasteiger partial charge in [-0.3, -0.25) is 0 Å². The number of alkyl halides is 3. The van der Waals surface area contributed by atoms with Crippen LogP contribution >= 0.6 is 0 Å². The molecule has 136 valence electrons. The van der Waals surface area contributed by atoms with Gasteiger partial charge < -0.3 is 4.90 Å². The molecule has 0 radical (unpaired) electrons. The fraction of sp³-hybridized carbons (Fsp3) is 0.312. The van der Waals surface area contributed by atoms with Crippen LogP contribution in [-0.2, 0) is 16.0 Å². The summed E-state index contributed by atoms with van der Waals surface area (Å²) in [7, 11) is -4.19. The normalized spacial score (nSPS) is 17.9. The molecule has 6 nitrogen and oxygen atoms in total. The summed E-state index contributed by atoms with van der Waals surface area (Å²) in [5.41, 5.74) is -1.04. The van der Waals surface area contributed by atoms with Crippen LogP contribution in [0.25, 0.3) is 0 Å². The van der Waals surface area contributed by atoms with Crippen LogP contribution in [-0.4, -0.2) is 36.7 Å². The van der Waals surface area contributed by atoms with Crippen LogP contribution in [0.4, 0.5) is 19.1 Å². The van der Waals surface area contributed by atoms with Crippen LogP contribution in [0.3, 0.4) is 0 Å². The monoisotopic (exact) mass is 382 g/mol. The second-order valence-electron chi connectivity index (χ2n) is 5.75. The number of rotatable bonds is 3. The minimum Gasteiger partial charge on any atom is -0.339 e. The summed E-state index contributed by atoms with van der Waals surface area (Å²) in [5, 5.41) is 7.87. The van der Waals surface area contributed by atoms with Crippen molar-refractivity contribution in [1.82, 2.24) is 9.97 Å². The van der Waals surface area contributed by atoms with Crippen molar-refractivity contribution in [2.45, 2.75) is 22.7 Å². The molecule has 1 aromatic heterocycles. The van der Waals surface area contributed by atoms with E-state index in [0.29, 0.717) is 0 Å². The Labute approximate surface area is 147 Å². The largest absolute Gasteiger partial charge is 0.417 e. The third kappa shape index (κ3) is 3.35. The molecule has 2 aromatic rings. The molecule has 1 atom stereocenters. The molecule has 0 saturated carbocycles. The summed E-state index contributed by atoms with van der Waals surface area (Å²) in [5.74, 6) is 0.186. The van der Waals surface area contributed by atoms with Gasteiger partial charge >= 0.3 is 6.18 Å². The maximum absolute atomic E-state index is 13.2. The molecule has 1 unspecified atom stereocenters. The van der Waals surface area contributed by atoms with E-state index in [2.05, 4.69) is 9.97 Å². The minimum atomic E-state index is -4.76. The third-order valence-corrected chi connectivity index (χ3v) is 6.35. The quantitative estimate of drug-likeness (QED) is 0.810. The van der Waals surface area contributed by atoms with Crippen molar-refractivity contribution >= 4 is 15.8 Å². The average Bonchev–Trinajstić information content (AvgIpc) is 3.12. The second kappa shape index (κ2) is 6.57. The molecular formula is C16H13F3N4O2S. The van der Waals surface area contributed by atoms with Crippen LogP contribution in [0.15, 0.2) is 41.4 Å². The molecule has 1 saturated heterocycles. The van der Waals surface area contributed by atoms with Crippen molar-refractivity contribution in [1.29, 1.82) is 5.26 Å². The van der Waals surface area contributed by atoms with E-state index in [1.54, 1.807) is 4.90 Å². The lowest BCUT2D eigenvalue weighted by atomic mass is 10.2. The van der Waals surface area contributed by atoms with Gasteiger partial charge in [0.15, 0.2) is 9.84 Å². The van der Waals surface area contributed by atoms with Gasteiger partial charge in [-0.15, -0.1) is 0 Å². The first-order chi connectivity index (χ1) is 12.2. The lowest BCUT2D eigenvalue weighted by Crippen LogP contribution is -2.29. The highest BCUT2D eigenvalue weighted by Gasteiger charge is 2.41. The average molecular weight is 382 g/mol. The van der Waals surface area contributed by atoms with E-state index in [1.165, 1.54) is 18.3 Å². The zero-order valence-corrected chi connectivity index (χ0v) is 14.1. The molecule has 0 bridgehead atoms. The first-order valence-electron chi connectivity index (χ1n) is 7.61.